The van der Waals surface area contributed by atoms with Crippen LogP contribution in [-0.2, 0) is 28.6 Å². The average Bonchev–Trinajstić information content (AvgIpc) is 3.27. The lowest BCUT2D eigenvalue weighted by Gasteiger charge is -2.18. The topological polar surface area (TPSA) is 78.9 Å². The van der Waals surface area contributed by atoms with Crippen LogP contribution >= 0.6 is 0 Å². The highest BCUT2D eigenvalue weighted by Gasteiger charge is 2.19. The van der Waals surface area contributed by atoms with Gasteiger partial charge in [0, 0.05) is 19.3 Å². The highest BCUT2D eigenvalue weighted by Crippen LogP contribution is 2.18. The maximum absolute atomic E-state index is 12.8. The molecule has 0 aromatic rings. The fraction of sp³-hybridized carbons (Fsp3) is 0.947. The van der Waals surface area contributed by atoms with E-state index in [0.29, 0.717) is 19.3 Å². The molecule has 0 bridgehead atoms. The molecule has 0 amide bonds. The molecule has 0 aliphatic rings. The van der Waals surface area contributed by atoms with Gasteiger partial charge in [0.25, 0.3) is 0 Å². The molecule has 0 aromatic heterocycles. The molecule has 0 aliphatic heterocycles. The predicted molar refractivity (Wildman–Crippen MR) is 270 cm³/mol. The van der Waals surface area contributed by atoms with Gasteiger partial charge in [-0.3, -0.25) is 14.4 Å². The first-order chi connectivity index (χ1) is 30.9. The zero-order valence-corrected chi connectivity index (χ0v) is 43.0. The number of carbonyl (C=O) groups is 3. The Morgan fingerprint density at radius 3 is 0.778 bits per heavy atom. The van der Waals surface area contributed by atoms with Crippen molar-refractivity contribution in [3.05, 3.63) is 0 Å². The van der Waals surface area contributed by atoms with Crippen molar-refractivity contribution in [2.75, 3.05) is 13.2 Å². The smallest absolute Gasteiger partial charge is 0.306 e. The molecule has 0 fully saturated rings. The van der Waals surface area contributed by atoms with Gasteiger partial charge in [0.05, 0.1) is 0 Å². The van der Waals surface area contributed by atoms with Crippen LogP contribution in [0.4, 0.5) is 0 Å². The van der Waals surface area contributed by atoms with E-state index in [-0.39, 0.29) is 31.1 Å². The van der Waals surface area contributed by atoms with Crippen LogP contribution in [0.25, 0.3) is 0 Å². The Morgan fingerprint density at radius 1 is 0.302 bits per heavy atom. The summed E-state index contributed by atoms with van der Waals surface area (Å²) in [6.45, 7) is 9.06. The Bertz CT molecular complexity index is 949. The van der Waals surface area contributed by atoms with Crippen molar-refractivity contribution in [2.24, 2.45) is 5.92 Å². The summed E-state index contributed by atoms with van der Waals surface area (Å²) in [5, 5.41) is 0. The largest absolute Gasteiger partial charge is 0.462 e. The third-order valence-corrected chi connectivity index (χ3v) is 13.0. The Labute approximate surface area is 393 Å². The Morgan fingerprint density at radius 2 is 0.524 bits per heavy atom. The van der Waals surface area contributed by atoms with Crippen LogP contribution in [0.2, 0.25) is 0 Å². The minimum absolute atomic E-state index is 0.0619. The standard InChI is InChI=1S/C57H110O6/c1-5-7-9-11-13-15-17-19-20-26-30-34-38-42-46-50-57(60)63-54(51-61-55(58)48-44-40-36-32-28-23-18-16-14-12-10-8-6-2)52-62-56(59)49-45-41-37-33-29-25-22-21-24-27-31-35-39-43-47-53(3)4/h53-54H,5-52H2,1-4H3/t54-/m0/s1. The first kappa shape index (κ1) is 61.4. The van der Waals surface area contributed by atoms with E-state index in [1.807, 2.05) is 0 Å². The molecule has 0 unspecified atom stereocenters. The summed E-state index contributed by atoms with van der Waals surface area (Å²) in [6.07, 6.45) is 55.1. The summed E-state index contributed by atoms with van der Waals surface area (Å²) in [7, 11) is 0. The number of ether oxygens (including phenoxy) is 3. The van der Waals surface area contributed by atoms with Gasteiger partial charge >= 0.3 is 17.9 Å². The molecule has 0 rings (SSSR count). The molecule has 0 heterocycles. The van der Waals surface area contributed by atoms with E-state index in [2.05, 4.69) is 27.7 Å². The van der Waals surface area contributed by atoms with Crippen molar-refractivity contribution in [1.82, 2.24) is 0 Å². The maximum Gasteiger partial charge on any atom is 0.306 e. The summed E-state index contributed by atoms with van der Waals surface area (Å²) in [5.41, 5.74) is 0. The van der Waals surface area contributed by atoms with E-state index < -0.39 is 6.10 Å². The lowest BCUT2D eigenvalue weighted by atomic mass is 10.0. The van der Waals surface area contributed by atoms with Gasteiger partial charge in [0.15, 0.2) is 6.10 Å². The third kappa shape index (κ3) is 51.3. The molecule has 6 heteroatoms. The van der Waals surface area contributed by atoms with Crippen molar-refractivity contribution in [3.8, 4) is 0 Å². The van der Waals surface area contributed by atoms with Gasteiger partial charge in [-0.1, -0.05) is 285 Å². The summed E-state index contributed by atoms with van der Waals surface area (Å²) in [5.74, 6) is 0.00870. The van der Waals surface area contributed by atoms with Crippen molar-refractivity contribution in [2.45, 2.75) is 329 Å². The normalized spacial score (nSPS) is 12.0. The number of esters is 3. The molecule has 374 valence electrons. The molecule has 0 radical (unpaired) electrons. The van der Waals surface area contributed by atoms with Crippen LogP contribution in [0.15, 0.2) is 0 Å². The fourth-order valence-corrected chi connectivity index (χ4v) is 8.75. The lowest BCUT2D eigenvalue weighted by Crippen LogP contribution is -2.30. The van der Waals surface area contributed by atoms with Gasteiger partial charge < -0.3 is 14.2 Å². The second kappa shape index (κ2) is 51.4. The van der Waals surface area contributed by atoms with Gasteiger partial charge in [-0.2, -0.15) is 0 Å². The summed E-state index contributed by atoms with van der Waals surface area (Å²) >= 11 is 0. The lowest BCUT2D eigenvalue weighted by molar-refractivity contribution is -0.167. The zero-order chi connectivity index (χ0) is 45.9. The minimum atomic E-state index is -0.761. The quantitative estimate of drug-likeness (QED) is 0.0344. The SMILES string of the molecule is CCCCCCCCCCCCCCCCCC(=O)O[C@@H](COC(=O)CCCCCCCCCCCCCCC)COC(=O)CCCCCCCCCCCCCCCCC(C)C. The molecular formula is C57H110O6. The molecule has 0 spiro atoms. The van der Waals surface area contributed by atoms with E-state index in [1.165, 1.54) is 218 Å². The van der Waals surface area contributed by atoms with Crippen molar-refractivity contribution in [1.29, 1.82) is 0 Å². The number of hydrogen-bond acceptors (Lipinski definition) is 6. The van der Waals surface area contributed by atoms with Crippen LogP contribution in [0.5, 0.6) is 0 Å². The molecular weight excluding hydrogens is 781 g/mol. The Balaban J connectivity index is 4.29. The predicted octanol–water partition coefficient (Wildman–Crippen LogP) is 18.6. The summed E-state index contributed by atoms with van der Waals surface area (Å²) in [4.78, 5) is 38.1. The number of hydrogen-bond donors (Lipinski definition) is 0. The van der Waals surface area contributed by atoms with Gasteiger partial charge in [-0.25, -0.2) is 0 Å². The van der Waals surface area contributed by atoms with Crippen LogP contribution in [0, 0.1) is 5.92 Å². The Hall–Kier alpha value is -1.59. The van der Waals surface area contributed by atoms with E-state index in [9.17, 15) is 14.4 Å². The Kier molecular flexibility index (Phi) is 50.1. The third-order valence-electron chi connectivity index (χ3n) is 13.0. The highest BCUT2D eigenvalue weighted by atomic mass is 16.6. The maximum atomic E-state index is 12.8. The highest BCUT2D eigenvalue weighted by molar-refractivity contribution is 5.71. The minimum Gasteiger partial charge on any atom is -0.462 e. The first-order valence-corrected chi connectivity index (χ1v) is 28.4. The van der Waals surface area contributed by atoms with E-state index >= 15 is 0 Å². The zero-order valence-electron chi connectivity index (χ0n) is 43.0. The second-order valence-corrected chi connectivity index (χ2v) is 20.1. The summed E-state index contributed by atoms with van der Waals surface area (Å²) < 4.78 is 16.9. The molecule has 0 aromatic carbocycles. The number of carbonyl (C=O) groups excluding carboxylic acids is 3. The van der Waals surface area contributed by atoms with E-state index in [0.717, 1.165) is 63.7 Å². The molecule has 1 atom stereocenters. The second-order valence-electron chi connectivity index (χ2n) is 20.1. The summed E-state index contributed by atoms with van der Waals surface area (Å²) in [6, 6.07) is 0. The van der Waals surface area contributed by atoms with Crippen LogP contribution in [-0.4, -0.2) is 37.2 Å². The molecule has 6 nitrogen and oxygen atoms in total. The van der Waals surface area contributed by atoms with E-state index in [1.54, 1.807) is 0 Å². The van der Waals surface area contributed by atoms with Gasteiger partial charge in [-0.05, 0) is 25.2 Å². The fourth-order valence-electron chi connectivity index (χ4n) is 8.75. The molecule has 0 N–H and O–H groups in total. The van der Waals surface area contributed by atoms with Crippen LogP contribution < -0.4 is 0 Å². The molecule has 0 aliphatic carbocycles. The molecule has 0 saturated carbocycles. The van der Waals surface area contributed by atoms with Crippen LogP contribution in [0.3, 0.4) is 0 Å². The van der Waals surface area contributed by atoms with E-state index in [4.69, 9.17) is 14.2 Å². The van der Waals surface area contributed by atoms with Crippen molar-refractivity contribution < 1.29 is 28.6 Å². The van der Waals surface area contributed by atoms with Gasteiger partial charge in [-0.15, -0.1) is 0 Å². The van der Waals surface area contributed by atoms with Gasteiger partial charge in [0.1, 0.15) is 13.2 Å². The molecule has 63 heavy (non-hydrogen) atoms. The monoisotopic (exact) mass is 891 g/mol. The number of rotatable bonds is 52. The van der Waals surface area contributed by atoms with Crippen molar-refractivity contribution >= 4 is 17.9 Å². The van der Waals surface area contributed by atoms with Crippen LogP contribution in [0.1, 0.15) is 323 Å². The number of unbranched alkanes of at least 4 members (excludes halogenated alkanes) is 39. The van der Waals surface area contributed by atoms with Crippen molar-refractivity contribution in [3.63, 3.8) is 0 Å². The van der Waals surface area contributed by atoms with Gasteiger partial charge in [0.2, 0.25) is 0 Å². The molecule has 0 saturated heterocycles. The average molecular weight is 892 g/mol. The first-order valence-electron chi connectivity index (χ1n) is 28.4.